The topological polar surface area (TPSA) is 64.7 Å². The summed E-state index contributed by atoms with van der Waals surface area (Å²) in [6.07, 6.45) is -0.466. The van der Waals surface area contributed by atoms with E-state index in [0.717, 1.165) is 0 Å². The number of rotatable bonds is 4. The van der Waals surface area contributed by atoms with Crippen molar-refractivity contribution >= 4 is 17.5 Å². The summed E-state index contributed by atoms with van der Waals surface area (Å²) in [5.41, 5.74) is 0.512. The molecule has 1 atom stereocenters. The third-order valence-corrected chi connectivity index (χ3v) is 4.59. The molecule has 0 saturated carbocycles. The number of benzene rings is 1. The fourth-order valence-electron chi connectivity index (χ4n) is 3.17. The number of nitrogens with one attached hydrogen (secondary N) is 2. The molecule has 142 valence electrons. The molecule has 0 radical (unpaired) electrons. The number of amides is 2. The predicted octanol–water partition coefficient (Wildman–Crippen LogP) is 0.906. The molecule has 6 nitrogen and oxygen atoms in total. The van der Waals surface area contributed by atoms with Crippen molar-refractivity contribution in [2.75, 3.05) is 44.6 Å². The number of piperazine rings is 1. The van der Waals surface area contributed by atoms with E-state index in [-0.39, 0.29) is 24.2 Å². The Kier molecular flexibility index (Phi) is 5.47. The second-order valence-electron chi connectivity index (χ2n) is 6.65. The van der Waals surface area contributed by atoms with Crippen molar-refractivity contribution in [1.29, 1.82) is 0 Å². The summed E-state index contributed by atoms with van der Waals surface area (Å²) < 4.78 is 39.3. The summed E-state index contributed by atoms with van der Waals surface area (Å²) in [5.74, 6) is -3.75. The molecule has 0 aliphatic carbocycles. The lowest BCUT2D eigenvalue weighted by molar-refractivity contribution is -0.135. The highest BCUT2D eigenvalue weighted by atomic mass is 19.3. The maximum absolute atomic E-state index is 13.2. The number of alkyl halides is 2. The van der Waals surface area contributed by atoms with Gasteiger partial charge in [-0.25, -0.2) is 13.2 Å². The van der Waals surface area contributed by atoms with Crippen molar-refractivity contribution in [3.63, 3.8) is 0 Å². The summed E-state index contributed by atoms with van der Waals surface area (Å²) in [7, 11) is 0. The highest BCUT2D eigenvalue weighted by Crippen LogP contribution is 2.26. The molecule has 1 aromatic rings. The SMILES string of the molecule is O=C(CN1CCN(C(=O)C2CC(F)(F)CN2)CC1)Nc1ccc(F)cc1. The lowest BCUT2D eigenvalue weighted by Gasteiger charge is -2.35. The molecule has 2 N–H and O–H groups in total. The van der Waals surface area contributed by atoms with Gasteiger partial charge in [-0.3, -0.25) is 19.8 Å². The zero-order valence-electron chi connectivity index (χ0n) is 14.2. The molecule has 9 heteroatoms. The first-order valence-corrected chi connectivity index (χ1v) is 8.50. The molecule has 0 bridgehead atoms. The Balaban J connectivity index is 1.43. The first-order chi connectivity index (χ1) is 12.3. The van der Waals surface area contributed by atoms with Crippen LogP contribution in [0.4, 0.5) is 18.9 Å². The molecule has 0 spiro atoms. The number of anilines is 1. The first kappa shape index (κ1) is 18.7. The monoisotopic (exact) mass is 370 g/mol. The first-order valence-electron chi connectivity index (χ1n) is 8.50. The van der Waals surface area contributed by atoms with E-state index in [4.69, 9.17) is 0 Å². The smallest absolute Gasteiger partial charge is 0.262 e. The third kappa shape index (κ3) is 4.73. The number of halogens is 3. The summed E-state index contributed by atoms with van der Waals surface area (Å²) in [4.78, 5) is 27.8. The van der Waals surface area contributed by atoms with Crippen LogP contribution in [0.15, 0.2) is 24.3 Å². The lowest BCUT2D eigenvalue weighted by atomic mass is 10.1. The van der Waals surface area contributed by atoms with Crippen LogP contribution in [-0.2, 0) is 9.59 Å². The molecule has 2 fully saturated rings. The minimum absolute atomic E-state index is 0.152. The minimum Gasteiger partial charge on any atom is -0.339 e. The molecule has 2 aliphatic heterocycles. The lowest BCUT2D eigenvalue weighted by Crippen LogP contribution is -2.54. The summed E-state index contributed by atoms with van der Waals surface area (Å²) in [6, 6.07) is 4.65. The highest BCUT2D eigenvalue weighted by Gasteiger charge is 2.43. The zero-order valence-corrected chi connectivity index (χ0v) is 14.2. The molecule has 1 aromatic carbocycles. The summed E-state index contributed by atoms with van der Waals surface area (Å²) >= 11 is 0. The summed E-state index contributed by atoms with van der Waals surface area (Å²) in [6.45, 7) is 1.46. The minimum atomic E-state index is -2.83. The Morgan fingerprint density at radius 2 is 1.81 bits per heavy atom. The Labute approximate surface area is 149 Å². The maximum atomic E-state index is 13.2. The highest BCUT2D eigenvalue weighted by molar-refractivity contribution is 5.92. The quantitative estimate of drug-likeness (QED) is 0.827. The fraction of sp³-hybridized carbons (Fsp3) is 0.529. The van der Waals surface area contributed by atoms with Gasteiger partial charge in [-0.15, -0.1) is 0 Å². The average molecular weight is 370 g/mol. The van der Waals surface area contributed by atoms with Gasteiger partial charge in [0.25, 0.3) is 5.92 Å². The second-order valence-corrected chi connectivity index (χ2v) is 6.65. The fourth-order valence-corrected chi connectivity index (χ4v) is 3.17. The molecule has 26 heavy (non-hydrogen) atoms. The number of carbonyl (C=O) groups is 2. The molecule has 2 aliphatic rings. The van der Waals surface area contributed by atoms with E-state index in [1.54, 1.807) is 4.90 Å². The van der Waals surface area contributed by atoms with Gasteiger partial charge in [0.15, 0.2) is 0 Å². The van der Waals surface area contributed by atoms with Crippen molar-refractivity contribution in [3.8, 4) is 0 Å². The van der Waals surface area contributed by atoms with Gasteiger partial charge in [0, 0.05) is 38.3 Å². The largest absolute Gasteiger partial charge is 0.339 e. The van der Waals surface area contributed by atoms with Crippen LogP contribution in [0.5, 0.6) is 0 Å². The predicted molar refractivity (Wildman–Crippen MR) is 89.4 cm³/mol. The molecule has 3 rings (SSSR count). The Morgan fingerprint density at radius 1 is 1.15 bits per heavy atom. The van der Waals surface area contributed by atoms with Crippen molar-refractivity contribution in [2.24, 2.45) is 0 Å². The standard InChI is InChI=1S/C17H21F3N4O2/c18-12-1-3-13(4-2-12)22-15(25)10-23-5-7-24(8-6-23)16(26)14-9-17(19,20)11-21-14/h1-4,14,21H,5-11H2,(H,22,25). The summed E-state index contributed by atoms with van der Waals surface area (Å²) in [5, 5.41) is 5.26. The maximum Gasteiger partial charge on any atom is 0.262 e. The zero-order chi connectivity index (χ0) is 18.7. The van der Waals surface area contributed by atoms with Gasteiger partial charge in [-0.05, 0) is 24.3 Å². The number of hydrogen-bond donors (Lipinski definition) is 2. The van der Waals surface area contributed by atoms with Crippen molar-refractivity contribution < 1.29 is 22.8 Å². The molecule has 1 unspecified atom stereocenters. The molecule has 0 aromatic heterocycles. The normalized spacial score (nSPS) is 23.0. The van der Waals surface area contributed by atoms with E-state index in [0.29, 0.717) is 31.9 Å². The third-order valence-electron chi connectivity index (χ3n) is 4.59. The Hall–Kier alpha value is -2.13. The number of nitrogens with zero attached hydrogens (tertiary/aromatic N) is 2. The van der Waals surface area contributed by atoms with E-state index >= 15 is 0 Å². The van der Waals surface area contributed by atoms with Gasteiger partial charge in [0.05, 0.1) is 19.1 Å². The van der Waals surface area contributed by atoms with Crippen LogP contribution >= 0.6 is 0 Å². The van der Waals surface area contributed by atoms with Gasteiger partial charge in [0.1, 0.15) is 5.82 Å². The Morgan fingerprint density at radius 3 is 2.38 bits per heavy atom. The van der Waals surface area contributed by atoms with Crippen LogP contribution in [0, 0.1) is 5.82 Å². The van der Waals surface area contributed by atoms with Crippen LogP contribution in [0.2, 0.25) is 0 Å². The van der Waals surface area contributed by atoms with Crippen LogP contribution < -0.4 is 10.6 Å². The van der Waals surface area contributed by atoms with E-state index in [9.17, 15) is 22.8 Å². The Bertz CT molecular complexity index is 660. The van der Waals surface area contributed by atoms with Crippen LogP contribution in [0.25, 0.3) is 0 Å². The molecular weight excluding hydrogens is 349 g/mol. The van der Waals surface area contributed by atoms with Crippen LogP contribution in [0.3, 0.4) is 0 Å². The molecular formula is C17H21F3N4O2. The van der Waals surface area contributed by atoms with Crippen molar-refractivity contribution in [2.45, 2.75) is 18.4 Å². The number of hydrogen-bond acceptors (Lipinski definition) is 4. The van der Waals surface area contributed by atoms with Gasteiger partial charge in [-0.1, -0.05) is 0 Å². The van der Waals surface area contributed by atoms with Gasteiger partial charge >= 0.3 is 0 Å². The molecule has 2 saturated heterocycles. The molecule has 2 heterocycles. The van der Waals surface area contributed by atoms with Gasteiger partial charge in [0.2, 0.25) is 11.8 Å². The van der Waals surface area contributed by atoms with E-state index < -0.39 is 24.9 Å². The van der Waals surface area contributed by atoms with E-state index in [2.05, 4.69) is 10.6 Å². The number of carbonyl (C=O) groups excluding carboxylic acids is 2. The van der Waals surface area contributed by atoms with Crippen LogP contribution in [0.1, 0.15) is 6.42 Å². The molecule has 2 amide bonds. The van der Waals surface area contributed by atoms with Crippen molar-refractivity contribution in [1.82, 2.24) is 15.1 Å². The second kappa shape index (κ2) is 7.63. The van der Waals surface area contributed by atoms with E-state index in [1.807, 2.05) is 4.90 Å². The van der Waals surface area contributed by atoms with Gasteiger partial charge in [-0.2, -0.15) is 0 Å². The van der Waals surface area contributed by atoms with Crippen LogP contribution in [-0.4, -0.2) is 72.8 Å². The van der Waals surface area contributed by atoms with Crippen molar-refractivity contribution in [3.05, 3.63) is 30.1 Å². The van der Waals surface area contributed by atoms with Gasteiger partial charge < -0.3 is 10.2 Å². The van der Waals surface area contributed by atoms with E-state index in [1.165, 1.54) is 24.3 Å². The average Bonchev–Trinajstić information content (AvgIpc) is 2.97.